The van der Waals surface area contributed by atoms with Gasteiger partial charge in [0.05, 0.1) is 14.2 Å². The second kappa shape index (κ2) is 6.47. The minimum Gasteiger partial charge on any atom is -0.493 e. The Kier molecular flexibility index (Phi) is 5.25. The van der Waals surface area contributed by atoms with Crippen LogP contribution in [0.4, 0.5) is 0 Å². The molecule has 0 aliphatic carbocycles. The Morgan fingerprint density at radius 1 is 1.24 bits per heavy atom. The molecule has 4 nitrogen and oxygen atoms in total. The van der Waals surface area contributed by atoms with Crippen LogP contribution in [0.25, 0.3) is 0 Å². The Hall–Kier alpha value is -1.26. The van der Waals surface area contributed by atoms with Gasteiger partial charge >= 0.3 is 0 Å². The minimum atomic E-state index is -0.190. The van der Waals surface area contributed by atoms with Gasteiger partial charge in [0.1, 0.15) is 0 Å². The Morgan fingerprint density at radius 3 is 2.35 bits per heavy atom. The molecule has 4 heteroatoms. The van der Waals surface area contributed by atoms with Crippen molar-refractivity contribution in [1.29, 1.82) is 0 Å². The maximum absolute atomic E-state index is 9.25. The Morgan fingerprint density at radius 2 is 1.88 bits per heavy atom. The zero-order valence-electron chi connectivity index (χ0n) is 10.6. The molecule has 1 rings (SSSR count). The summed E-state index contributed by atoms with van der Waals surface area (Å²) >= 11 is 0. The average Bonchev–Trinajstić information content (AvgIpc) is 2.39. The van der Waals surface area contributed by atoms with Crippen LogP contribution in [0.1, 0.15) is 24.9 Å². The lowest BCUT2D eigenvalue weighted by Gasteiger charge is -2.21. The fraction of sp³-hybridized carbons (Fsp3) is 0.538. The summed E-state index contributed by atoms with van der Waals surface area (Å²) in [7, 11) is 3.19. The standard InChI is InChI=1S/C13H21NO3/c1-4-9(8-15)13(14)10-5-6-11(16-2)12(7-10)17-3/h5-7,9,13,15H,4,8,14H2,1-3H3. The van der Waals surface area contributed by atoms with E-state index in [-0.39, 0.29) is 18.6 Å². The molecule has 17 heavy (non-hydrogen) atoms. The molecule has 0 saturated carbocycles. The molecule has 2 unspecified atom stereocenters. The van der Waals surface area contributed by atoms with E-state index in [0.29, 0.717) is 11.5 Å². The van der Waals surface area contributed by atoms with E-state index < -0.39 is 0 Å². The van der Waals surface area contributed by atoms with Crippen molar-refractivity contribution in [3.8, 4) is 11.5 Å². The number of hydrogen-bond acceptors (Lipinski definition) is 4. The van der Waals surface area contributed by atoms with Crippen molar-refractivity contribution in [2.45, 2.75) is 19.4 Å². The molecule has 0 aliphatic rings. The van der Waals surface area contributed by atoms with E-state index >= 15 is 0 Å². The van der Waals surface area contributed by atoms with Crippen LogP contribution >= 0.6 is 0 Å². The van der Waals surface area contributed by atoms with Crippen LogP contribution < -0.4 is 15.2 Å². The molecule has 0 bridgehead atoms. The third-order valence-electron chi connectivity index (χ3n) is 3.06. The monoisotopic (exact) mass is 239 g/mol. The smallest absolute Gasteiger partial charge is 0.161 e. The third-order valence-corrected chi connectivity index (χ3v) is 3.06. The summed E-state index contributed by atoms with van der Waals surface area (Å²) in [5.74, 6) is 1.40. The second-order valence-corrected chi connectivity index (χ2v) is 3.99. The van der Waals surface area contributed by atoms with E-state index in [0.717, 1.165) is 12.0 Å². The number of rotatable bonds is 6. The summed E-state index contributed by atoms with van der Waals surface area (Å²) < 4.78 is 10.4. The van der Waals surface area contributed by atoms with Crippen LogP contribution in [0, 0.1) is 5.92 Å². The first kappa shape index (κ1) is 13.8. The van der Waals surface area contributed by atoms with Crippen LogP contribution in [0.15, 0.2) is 18.2 Å². The van der Waals surface area contributed by atoms with Crippen LogP contribution in [0.2, 0.25) is 0 Å². The highest BCUT2D eigenvalue weighted by molar-refractivity contribution is 5.43. The molecule has 0 radical (unpaired) electrons. The lowest BCUT2D eigenvalue weighted by molar-refractivity contribution is 0.200. The number of aliphatic hydroxyl groups is 1. The molecule has 96 valence electrons. The number of ether oxygens (including phenoxy) is 2. The molecule has 1 aromatic carbocycles. The molecule has 0 heterocycles. The first-order valence-corrected chi connectivity index (χ1v) is 5.76. The van der Waals surface area contributed by atoms with E-state index in [1.807, 2.05) is 25.1 Å². The third kappa shape index (κ3) is 3.11. The predicted molar refractivity (Wildman–Crippen MR) is 67.3 cm³/mol. The first-order valence-electron chi connectivity index (χ1n) is 5.76. The quantitative estimate of drug-likeness (QED) is 0.793. The molecular weight excluding hydrogens is 218 g/mol. The fourth-order valence-electron chi connectivity index (χ4n) is 1.83. The molecule has 0 aromatic heterocycles. The summed E-state index contributed by atoms with van der Waals surface area (Å²) in [6, 6.07) is 5.41. The highest BCUT2D eigenvalue weighted by Gasteiger charge is 2.18. The SMILES string of the molecule is CCC(CO)C(N)c1ccc(OC)c(OC)c1. The molecular formula is C13H21NO3. The van der Waals surface area contributed by atoms with E-state index in [4.69, 9.17) is 15.2 Å². The van der Waals surface area contributed by atoms with Gasteiger partial charge in [0, 0.05) is 18.6 Å². The number of nitrogens with two attached hydrogens (primary N) is 1. The van der Waals surface area contributed by atoms with Gasteiger partial charge < -0.3 is 20.3 Å². The normalized spacial score (nSPS) is 14.2. The van der Waals surface area contributed by atoms with Gasteiger partial charge in [-0.15, -0.1) is 0 Å². The van der Waals surface area contributed by atoms with Gasteiger partial charge in [-0.2, -0.15) is 0 Å². The molecule has 0 saturated heterocycles. The van der Waals surface area contributed by atoms with Crippen LogP contribution in [-0.2, 0) is 0 Å². The van der Waals surface area contributed by atoms with Crippen molar-refractivity contribution in [3.63, 3.8) is 0 Å². The van der Waals surface area contributed by atoms with Crippen molar-refractivity contribution in [2.24, 2.45) is 11.7 Å². The van der Waals surface area contributed by atoms with Gasteiger partial charge in [0.15, 0.2) is 11.5 Å². The Labute approximate surface area is 102 Å². The van der Waals surface area contributed by atoms with Crippen molar-refractivity contribution in [2.75, 3.05) is 20.8 Å². The molecule has 0 amide bonds. The lowest BCUT2D eigenvalue weighted by atomic mass is 9.92. The van der Waals surface area contributed by atoms with Gasteiger partial charge in [0.2, 0.25) is 0 Å². The van der Waals surface area contributed by atoms with E-state index in [2.05, 4.69) is 0 Å². The summed E-state index contributed by atoms with van der Waals surface area (Å²) in [5.41, 5.74) is 7.07. The minimum absolute atomic E-state index is 0.0631. The van der Waals surface area contributed by atoms with E-state index in [9.17, 15) is 5.11 Å². The summed E-state index contributed by atoms with van der Waals surface area (Å²) in [4.78, 5) is 0. The average molecular weight is 239 g/mol. The zero-order chi connectivity index (χ0) is 12.8. The summed E-state index contributed by atoms with van der Waals surface area (Å²) in [6.45, 7) is 2.10. The maximum Gasteiger partial charge on any atom is 0.161 e. The number of methoxy groups -OCH3 is 2. The molecule has 0 fully saturated rings. The van der Waals surface area contributed by atoms with Gasteiger partial charge in [-0.25, -0.2) is 0 Å². The predicted octanol–water partition coefficient (Wildman–Crippen LogP) is 1.72. The van der Waals surface area contributed by atoms with Crippen molar-refractivity contribution >= 4 is 0 Å². The number of hydrogen-bond donors (Lipinski definition) is 2. The Balaban J connectivity index is 2.98. The molecule has 2 atom stereocenters. The van der Waals surface area contributed by atoms with Crippen molar-refractivity contribution in [3.05, 3.63) is 23.8 Å². The summed E-state index contributed by atoms with van der Waals surface area (Å²) in [6.07, 6.45) is 0.839. The first-order chi connectivity index (χ1) is 8.17. The molecule has 1 aromatic rings. The highest BCUT2D eigenvalue weighted by atomic mass is 16.5. The Bertz CT molecular complexity index is 351. The number of benzene rings is 1. The van der Waals surface area contributed by atoms with Crippen molar-refractivity contribution in [1.82, 2.24) is 0 Å². The fourth-order valence-corrected chi connectivity index (χ4v) is 1.83. The zero-order valence-corrected chi connectivity index (χ0v) is 10.6. The van der Waals surface area contributed by atoms with E-state index in [1.54, 1.807) is 14.2 Å². The number of aliphatic hydroxyl groups excluding tert-OH is 1. The summed E-state index contributed by atoms with van der Waals surface area (Å²) in [5, 5.41) is 9.25. The van der Waals surface area contributed by atoms with Crippen LogP contribution in [-0.4, -0.2) is 25.9 Å². The topological polar surface area (TPSA) is 64.7 Å². The second-order valence-electron chi connectivity index (χ2n) is 3.99. The van der Waals surface area contributed by atoms with Gasteiger partial charge in [-0.3, -0.25) is 0 Å². The largest absolute Gasteiger partial charge is 0.493 e. The van der Waals surface area contributed by atoms with Crippen molar-refractivity contribution < 1.29 is 14.6 Å². The van der Waals surface area contributed by atoms with Gasteiger partial charge in [-0.1, -0.05) is 13.0 Å². The molecule has 3 N–H and O–H groups in total. The van der Waals surface area contributed by atoms with Gasteiger partial charge in [0.25, 0.3) is 0 Å². The van der Waals surface area contributed by atoms with Crippen LogP contribution in [0.5, 0.6) is 11.5 Å². The van der Waals surface area contributed by atoms with Gasteiger partial charge in [-0.05, 0) is 24.1 Å². The van der Waals surface area contributed by atoms with Crippen LogP contribution in [0.3, 0.4) is 0 Å². The maximum atomic E-state index is 9.25. The lowest BCUT2D eigenvalue weighted by Crippen LogP contribution is -2.23. The van der Waals surface area contributed by atoms with E-state index in [1.165, 1.54) is 0 Å². The highest BCUT2D eigenvalue weighted by Crippen LogP contribution is 2.31. The molecule has 0 spiro atoms. The molecule has 0 aliphatic heterocycles.